The van der Waals surface area contributed by atoms with E-state index in [9.17, 15) is 9.59 Å². The molecule has 33 heavy (non-hydrogen) atoms. The fourth-order valence-electron chi connectivity index (χ4n) is 4.12. The molecule has 1 unspecified atom stereocenters. The number of amides is 2. The molecule has 2 amide bonds. The van der Waals surface area contributed by atoms with Gasteiger partial charge in [0.2, 0.25) is 11.9 Å². The van der Waals surface area contributed by atoms with Gasteiger partial charge in [0.15, 0.2) is 0 Å². The second-order valence-corrected chi connectivity index (χ2v) is 8.61. The molecule has 4 rings (SSSR count). The molecule has 7 heteroatoms. The number of rotatable bonds is 5. The number of hydrogen-bond donors (Lipinski definition) is 0. The van der Waals surface area contributed by atoms with Crippen molar-refractivity contribution in [1.29, 1.82) is 0 Å². The maximum atomic E-state index is 13.5. The molecular formula is C26H29N5O2. The standard InChI is InChI=1S/C26H29N5O2/c1-18-22(17-27-26(28-18)29(2)3)24(32)31-14-13-30(4)25(33)23(31)16-19-9-8-12-21(15-19)20-10-6-5-7-11-20/h5-12,15,17,23H,13-14,16H2,1-4H3. The molecule has 0 N–H and O–H groups in total. The molecule has 2 aromatic carbocycles. The third-order valence-electron chi connectivity index (χ3n) is 6.03. The second kappa shape index (κ2) is 9.40. The van der Waals surface area contributed by atoms with Gasteiger partial charge in [-0.3, -0.25) is 9.59 Å². The lowest BCUT2D eigenvalue weighted by Gasteiger charge is -2.39. The molecule has 1 atom stereocenters. The zero-order chi connectivity index (χ0) is 23.5. The van der Waals surface area contributed by atoms with E-state index in [4.69, 9.17) is 0 Å². The molecule has 3 aromatic rings. The minimum atomic E-state index is -0.574. The predicted molar refractivity (Wildman–Crippen MR) is 129 cm³/mol. The number of nitrogens with zero attached hydrogens (tertiary/aromatic N) is 5. The van der Waals surface area contributed by atoms with Gasteiger partial charge >= 0.3 is 0 Å². The third kappa shape index (κ3) is 4.72. The maximum absolute atomic E-state index is 13.5. The smallest absolute Gasteiger partial charge is 0.258 e. The SMILES string of the molecule is Cc1nc(N(C)C)ncc1C(=O)N1CCN(C)C(=O)C1Cc1cccc(-c2ccccc2)c1. The molecule has 1 fully saturated rings. The minimum absolute atomic E-state index is 0.0526. The summed E-state index contributed by atoms with van der Waals surface area (Å²) >= 11 is 0. The number of benzene rings is 2. The summed E-state index contributed by atoms with van der Waals surface area (Å²) in [6, 6.07) is 17.7. The lowest BCUT2D eigenvalue weighted by Crippen LogP contribution is -2.58. The number of piperazine rings is 1. The van der Waals surface area contributed by atoms with Gasteiger partial charge in [-0.1, -0.05) is 54.6 Å². The molecule has 1 aromatic heterocycles. The van der Waals surface area contributed by atoms with Gasteiger partial charge in [-0.05, 0) is 23.6 Å². The number of carbonyl (C=O) groups excluding carboxylic acids is 2. The van der Waals surface area contributed by atoms with Gasteiger partial charge in [0.1, 0.15) is 6.04 Å². The van der Waals surface area contributed by atoms with Crippen molar-refractivity contribution in [3.63, 3.8) is 0 Å². The van der Waals surface area contributed by atoms with Crippen molar-refractivity contribution < 1.29 is 9.59 Å². The van der Waals surface area contributed by atoms with Crippen molar-refractivity contribution >= 4 is 17.8 Å². The van der Waals surface area contributed by atoms with E-state index in [1.165, 1.54) is 0 Å². The van der Waals surface area contributed by atoms with Crippen LogP contribution in [0.1, 0.15) is 21.6 Å². The quantitative estimate of drug-likeness (QED) is 0.606. The first-order valence-corrected chi connectivity index (χ1v) is 11.1. The first-order chi connectivity index (χ1) is 15.8. The molecule has 0 spiro atoms. The molecular weight excluding hydrogens is 414 g/mol. The largest absolute Gasteiger partial charge is 0.347 e. The minimum Gasteiger partial charge on any atom is -0.347 e. The molecule has 0 aliphatic carbocycles. The van der Waals surface area contributed by atoms with Crippen molar-refractivity contribution in [2.45, 2.75) is 19.4 Å². The molecule has 1 saturated heterocycles. The van der Waals surface area contributed by atoms with E-state index in [1.807, 2.05) is 44.4 Å². The van der Waals surface area contributed by atoms with E-state index >= 15 is 0 Å². The number of carbonyl (C=O) groups is 2. The van der Waals surface area contributed by atoms with E-state index in [0.717, 1.165) is 16.7 Å². The summed E-state index contributed by atoms with van der Waals surface area (Å²) in [5, 5.41) is 0. The molecule has 170 valence electrons. The Bertz CT molecular complexity index is 1160. The summed E-state index contributed by atoms with van der Waals surface area (Å²) in [6.45, 7) is 2.78. The van der Waals surface area contributed by atoms with Crippen LogP contribution in [0.2, 0.25) is 0 Å². The van der Waals surface area contributed by atoms with E-state index in [2.05, 4.69) is 34.2 Å². The highest BCUT2D eigenvalue weighted by Crippen LogP contribution is 2.24. The zero-order valence-corrected chi connectivity index (χ0v) is 19.5. The molecule has 2 heterocycles. The predicted octanol–water partition coefficient (Wildman–Crippen LogP) is 3.04. The monoisotopic (exact) mass is 443 g/mol. The lowest BCUT2D eigenvalue weighted by atomic mass is 9.97. The number of aryl methyl sites for hydroxylation is 1. The van der Waals surface area contributed by atoms with Crippen LogP contribution in [0, 0.1) is 6.92 Å². The average Bonchev–Trinajstić information content (AvgIpc) is 2.82. The van der Waals surface area contributed by atoms with Crippen LogP contribution in [0.3, 0.4) is 0 Å². The average molecular weight is 444 g/mol. The summed E-state index contributed by atoms with van der Waals surface area (Å²) < 4.78 is 0. The number of anilines is 1. The summed E-state index contributed by atoms with van der Waals surface area (Å²) in [5.74, 6) is 0.291. The van der Waals surface area contributed by atoms with Gasteiger partial charge < -0.3 is 14.7 Å². The number of likely N-dealkylation sites (N-methyl/N-ethyl adjacent to an activating group) is 1. The molecule has 1 aliphatic rings. The highest BCUT2D eigenvalue weighted by atomic mass is 16.2. The topological polar surface area (TPSA) is 69.6 Å². The van der Waals surface area contributed by atoms with Crippen molar-refractivity contribution in [3.8, 4) is 11.1 Å². The lowest BCUT2D eigenvalue weighted by molar-refractivity contribution is -0.138. The van der Waals surface area contributed by atoms with Crippen LogP contribution in [-0.4, -0.2) is 71.9 Å². The Kier molecular flexibility index (Phi) is 6.40. The first kappa shape index (κ1) is 22.5. The normalized spacial score (nSPS) is 16.1. The van der Waals surface area contributed by atoms with Gasteiger partial charge in [-0.25, -0.2) is 9.97 Å². The Morgan fingerprint density at radius 1 is 1.06 bits per heavy atom. The van der Waals surface area contributed by atoms with Crippen LogP contribution in [0.15, 0.2) is 60.8 Å². The fourth-order valence-corrected chi connectivity index (χ4v) is 4.12. The Labute approximate surface area is 194 Å². The summed E-state index contributed by atoms with van der Waals surface area (Å²) in [7, 11) is 5.50. The van der Waals surface area contributed by atoms with Crippen molar-refractivity contribution in [1.82, 2.24) is 19.8 Å². The summed E-state index contributed by atoms with van der Waals surface area (Å²) in [4.78, 5) is 40.6. The van der Waals surface area contributed by atoms with Crippen LogP contribution in [0.25, 0.3) is 11.1 Å². The number of hydrogen-bond acceptors (Lipinski definition) is 5. The summed E-state index contributed by atoms with van der Waals surface area (Å²) in [6.07, 6.45) is 2.02. The van der Waals surface area contributed by atoms with Crippen LogP contribution in [0.4, 0.5) is 5.95 Å². The Balaban J connectivity index is 1.63. The first-order valence-electron chi connectivity index (χ1n) is 11.1. The van der Waals surface area contributed by atoms with Crippen LogP contribution in [0.5, 0.6) is 0 Å². The van der Waals surface area contributed by atoms with E-state index in [-0.39, 0.29) is 11.8 Å². The van der Waals surface area contributed by atoms with Crippen molar-refractivity contribution in [2.75, 3.05) is 39.1 Å². The van der Waals surface area contributed by atoms with Crippen LogP contribution in [-0.2, 0) is 11.2 Å². The Morgan fingerprint density at radius 2 is 1.79 bits per heavy atom. The fraction of sp³-hybridized carbons (Fsp3) is 0.308. The van der Waals surface area contributed by atoms with Gasteiger partial charge in [-0.2, -0.15) is 0 Å². The molecule has 0 radical (unpaired) electrons. The van der Waals surface area contributed by atoms with Crippen molar-refractivity contribution in [3.05, 3.63) is 77.6 Å². The van der Waals surface area contributed by atoms with Gasteiger partial charge in [0, 0.05) is 46.9 Å². The highest BCUT2D eigenvalue weighted by molar-refractivity contribution is 5.99. The zero-order valence-electron chi connectivity index (χ0n) is 19.5. The third-order valence-corrected chi connectivity index (χ3v) is 6.03. The Morgan fingerprint density at radius 3 is 2.48 bits per heavy atom. The van der Waals surface area contributed by atoms with E-state index in [1.54, 1.807) is 34.9 Å². The maximum Gasteiger partial charge on any atom is 0.258 e. The van der Waals surface area contributed by atoms with Gasteiger partial charge in [0.25, 0.3) is 5.91 Å². The van der Waals surface area contributed by atoms with E-state index < -0.39 is 6.04 Å². The van der Waals surface area contributed by atoms with E-state index in [0.29, 0.717) is 36.7 Å². The Hall–Kier alpha value is -3.74. The molecule has 0 saturated carbocycles. The van der Waals surface area contributed by atoms with Gasteiger partial charge in [0.05, 0.1) is 11.3 Å². The number of aromatic nitrogens is 2. The van der Waals surface area contributed by atoms with Crippen molar-refractivity contribution in [2.24, 2.45) is 0 Å². The molecule has 1 aliphatic heterocycles. The highest BCUT2D eigenvalue weighted by Gasteiger charge is 2.37. The second-order valence-electron chi connectivity index (χ2n) is 8.61. The summed E-state index contributed by atoms with van der Waals surface area (Å²) in [5.41, 5.74) is 4.26. The molecule has 0 bridgehead atoms. The van der Waals surface area contributed by atoms with Crippen LogP contribution < -0.4 is 4.90 Å². The van der Waals surface area contributed by atoms with Crippen LogP contribution >= 0.6 is 0 Å². The van der Waals surface area contributed by atoms with Gasteiger partial charge in [-0.15, -0.1) is 0 Å². The molecule has 7 nitrogen and oxygen atoms in total.